The first-order valence-corrected chi connectivity index (χ1v) is 6.46. The van der Waals surface area contributed by atoms with Crippen LogP contribution in [0.1, 0.15) is 10.4 Å². The van der Waals surface area contributed by atoms with Crippen LogP contribution in [0.2, 0.25) is 10.0 Å². The van der Waals surface area contributed by atoms with Gasteiger partial charge in [-0.15, -0.1) is 0 Å². The molecule has 1 heterocycles. The molecule has 0 saturated heterocycles. The van der Waals surface area contributed by atoms with Gasteiger partial charge in [-0.1, -0.05) is 23.2 Å². The zero-order valence-corrected chi connectivity index (χ0v) is 11.5. The number of hydrogen-bond donors (Lipinski definition) is 2. The van der Waals surface area contributed by atoms with E-state index in [2.05, 4.69) is 20.7 Å². The molecule has 7 heteroatoms. The van der Waals surface area contributed by atoms with E-state index in [9.17, 15) is 4.79 Å². The Morgan fingerprint density at radius 3 is 2.65 bits per heavy atom. The maximum atomic E-state index is 12.2. The van der Waals surface area contributed by atoms with Crippen LogP contribution in [0.4, 0.5) is 5.69 Å². The number of rotatable bonds is 2. The molecule has 100 valence electrons. The van der Waals surface area contributed by atoms with E-state index < -0.39 is 0 Å². The fourth-order valence-electron chi connectivity index (χ4n) is 1.77. The number of carbonyl (C=O) groups excluding carboxylic acids is 1. The van der Waals surface area contributed by atoms with Crippen molar-refractivity contribution in [2.75, 3.05) is 5.32 Å². The van der Waals surface area contributed by atoms with Crippen LogP contribution in [-0.4, -0.2) is 21.3 Å². The van der Waals surface area contributed by atoms with Gasteiger partial charge in [-0.05, 0) is 36.4 Å². The Balaban J connectivity index is 1.88. The van der Waals surface area contributed by atoms with Crippen LogP contribution in [0, 0.1) is 0 Å². The standard InChI is InChI=1S/C13H8Cl2N4O/c14-8-2-4-10(9(15)6-8)16-13(20)7-1-3-11-12(5-7)18-19-17-11/h1-6H,(H,16,20)(H,17,18,19). The minimum Gasteiger partial charge on any atom is -0.321 e. The monoisotopic (exact) mass is 306 g/mol. The number of halogens is 2. The van der Waals surface area contributed by atoms with Crippen molar-refractivity contribution < 1.29 is 4.79 Å². The second-order valence-corrected chi connectivity index (χ2v) is 4.95. The number of fused-ring (bicyclic) bond motifs is 1. The SMILES string of the molecule is O=C(Nc1ccc(Cl)cc1Cl)c1ccc2n[nH]nc2c1. The van der Waals surface area contributed by atoms with Gasteiger partial charge in [0.2, 0.25) is 0 Å². The lowest BCUT2D eigenvalue weighted by atomic mass is 10.2. The number of nitrogens with one attached hydrogen (secondary N) is 2. The molecule has 3 rings (SSSR count). The molecule has 0 aliphatic carbocycles. The predicted octanol–water partition coefficient (Wildman–Crippen LogP) is 3.52. The number of carbonyl (C=O) groups is 1. The molecule has 0 atom stereocenters. The Bertz CT molecular complexity index is 800. The van der Waals surface area contributed by atoms with Crippen LogP contribution < -0.4 is 5.32 Å². The third-order valence-corrected chi connectivity index (χ3v) is 3.31. The molecule has 2 aromatic carbocycles. The van der Waals surface area contributed by atoms with Crippen LogP contribution in [-0.2, 0) is 0 Å². The lowest BCUT2D eigenvalue weighted by Crippen LogP contribution is -2.12. The highest BCUT2D eigenvalue weighted by Crippen LogP contribution is 2.26. The Kier molecular flexibility index (Phi) is 3.30. The second kappa shape index (κ2) is 5.11. The minimum absolute atomic E-state index is 0.279. The fraction of sp³-hybridized carbons (Fsp3) is 0. The summed E-state index contributed by atoms with van der Waals surface area (Å²) in [4.78, 5) is 12.2. The number of aromatic nitrogens is 3. The molecule has 0 radical (unpaired) electrons. The van der Waals surface area contributed by atoms with E-state index in [4.69, 9.17) is 23.2 Å². The van der Waals surface area contributed by atoms with Crippen LogP contribution in [0.5, 0.6) is 0 Å². The Hall–Kier alpha value is -2.11. The van der Waals surface area contributed by atoms with Crippen molar-refractivity contribution in [3.8, 4) is 0 Å². The molecule has 3 aromatic rings. The first-order valence-electron chi connectivity index (χ1n) is 5.70. The maximum absolute atomic E-state index is 12.2. The van der Waals surface area contributed by atoms with Crippen LogP contribution in [0.15, 0.2) is 36.4 Å². The molecule has 1 aromatic heterocycles. The smallest absolute Gasteiger partial charge is 0.255 e. The Labute approximate surface area is 123 Å². The quantitative estimate of drug-likeness (QED) is 0.761. The van der Waals surface area contributed by atoms with E-state index in [0.717, 1.165) is 0 Å². The van der Waals surface area contributed by atoms with E-state index in [1.54, 1.807) is 36.4 Å². The second-order valence-electron chi connectivity index (χ2n) is 4.11. The summed E-state index contributed by atoms with van der Waals surface area (Å²) in [7, 11) is 0. The molecule has 0 bridgehead atoms. The molecule has 0 fully saturated rings. The summed E-state index contributed by atoms with van der Waals surface area (Å²) in [5.74, 6) is -0.279. The average Bonchev–Trinajstić information content (AvgIpc) is 2.89. The van der Waals surface area contributed by atoms with E-state index >= 15 is 0 Å². The molecule has 5 nitrogen and oxygen atoms in total. The van der Waals surface area contributed by atoms with Crippen LogP contribution in [0.3, 0.4) is 0 Å². The molecule has 0 saturated carbocycles. The van der Waals surface area contributed by atoms with Crippen molar-refractivity contribution in [2.45, 2.75) is 0 Å². The minimum atomic E-state index is -0.279. The number of H-pyrrole nitrogens is 1. The van der Waals surface area contributed by atoms with E-state index in [-0.39, 0.29) is 5.91 Å². The molecule has 0 spiro atoms. The summed E-state index contributed by atoms with van der Waals surface area (Å²) in [5.41, 5.74) is 2.30. The number of benzene rings is 2. The van der Waals surface area contributed by atoms with Gasteiger partial charge in [0.05, 0.1) is 10.7 Å². The molecular formula is C13H8Cl2N4O. The van der Waals surface area contributed by atoms with Gasteiger partial charge in [-0.2, -0.15) is 15.4 Å². The van der Waals surface area contributed by atoms with E-state index in [0.29, 0.717) is 32.3 Å². The zero-order chi connectivity index (χ0) is 14.1. The van der Waals surface area contributed by atoms with Gasteiger partial charge in [-0.3, -0.25) is 4.79 Å². The third kappa shape index (κ3) is 2.45. The Morgan fingerprint density at radius 1 is 1.05 bits per heavy atom. The summed E-state index contributed by atoms with van der Waals surface area (Å²) in [6.45, 7) is 0. The summed E-state index contributed by atoms with van der Waals surface area (Å²) in [6, 6.07) is 9.92. The molecule has 1 amide bonds. The molecule has 0 aliphatic rings. The average molecular weight is 307 g/mol. The fourth-order valence-corrected chi connectivity index (χ4v) is 2.22. The van der Waals surface area contributed by atoms with Crippen molar-refractivity contribution in [2.24, 2.45) is 0 Å². The maximum Gasteiger partial charge on any atom is 0.255 e. The van der Waals surface area contributed by atoms with Crippen molar-refractivity contribution >= 4 is 45.8 Å². The van der Waals surface area contributed by atoms with Crippen LogP contribution >= 0.6 is 23.2 Å². The Morgan fingerprint density at radius 2 is 1.85 bits per heavy atom. The molecule has 2 N–H and O–H groups in total. The van der Waals surface area contributed by atoms with Crippen molar-refractivity contribution in [1.82, 2.24) is 15.4 Å². The van der Waals surface area contributed by atoms with Gasteiger partial charge in [0, 0.05) is 10.6 Å². The number of nitrogens with zero attached hydrogens (tertiary/aromatic N) is 2. The predicted molar refractivity (Wildman–Crippen MR) is 78.3 cm³/mol. The van der Waals surface area contributed by atoms with E-state index in [1.807, 2.05) is 0 Å². The zero-order valence-electron chi connectivity index (χ0n) is 10.0. The van der Waals surface area contributed by atoms with Gasteiger partial charge in [0.15, 0.2) is 0 Å². The largest absolute Gasteiger partial charge is 0.321 e. The number of aromatic amines is 1. The number of hydrogen-bond acceptors (Lipinski definition) is 3. The summed E-state index contributed by atoms with van der Waals surface area (Å²) < 4.78 is 0. The third-order valence-electron chi connectivity index (χ3n) is 2.76. The lowest BCUT2D eigenvalue weighted by molar-refractivity contribution is 0.102. The topological polar surface area (TPSA) is 70.7 Å². The van der Waals surface area contributed by atoms with Crippen molar-refractivity contribution in [3.63, 3.8) is 0 Å². The van der Waals surface area contributed by atoms with Gasteiger partial charge < -0.3 is 5.32 Å². The summed E-state index contributed by atoms with van der Waals surface area (Å²) >= 11 is 11.8. The molecule has 20 heavy (non-hydrogen) atoms. The highest BCUT2D eigenvalue weighted by Gasteiger charge is 2.10. The van der Waals surface area contributed by atoms with Gasteiger partial charge in [0.25, 0.3) is 5.91 Å². The molecule has 0 aliphatic heterocycles. The number of amides is 1. The van der Waals surface area contributed by atoms with Gasteiger partial charge >= 0.3 is 0 Å². The summed E-state index contributed by atoms with van der Waals surface area (Å²) in [5, 5.41) is 14.0. The lowest BCUT2D eigenvalue weighted by Gasteiger charge is -2.07. The van der Waals surface area contributed by atoms with Crippen molar-refractivity contribution in [1.29, 1.82) is 0 Å². The molecule has 0 unspecified atom stereocenters. The first kappa shape index (κ1) is 12.9. The van der Waals surface area contributed by atoms with Crippen LogP contribution in [0.25, 0.3) is 11.0 Å². The summed E-state index contributed by atoms with van der Waals surface area (Å²) in [6.07, 6.45) is 0. The molecular weight excluding hydrogens is 299 g/mol. The normalized spacial score (nSPS) is 10.7. The van der Waals surface area contributed by atoms with Gasteiger partial charge in [0.1, 0.15) is 11.0 Å². The van der Waals surface area contributed by atoms with E-state index in [1.165, 1.54) is 0 Å². The van der Waals surface area contributed by atoms with Gasteiger partial charge in [-0.25, -0.2) is 0 Å². The first-order chi connectivity index (χ1) is 9.63. The highest BCUT2D eigenvalue weighted by atomic mass is 35.5. The number of anilines is 1. The highest BCUT2D eigenvalue weighted by molar-refractivity contribution is 6.36. The van der Waals surface area contributed by atoms with Crippen molar-refractivity contribution in [3.05, 3.63) is 52.0 Å².